The lowest BCUT2D eigenvalue weighted by Gasteiger charge is -2.40. The Morgan fingerprint density at radius 1 is 1.13 bits per heavy atom. The third-order valence-electron chi connectivity index (χ3n) is 5.94. The molecule has 2 fully saturated rings. The Balaban J connectivity index is 1.54. The topological polar surface area (TPSA) is 79.0 Å². The number of carbonyl (C=O) groups is 1. The molecule has 1 amide bonds. The molecule has 0 bridgehead atoms. The second kappa shape index (κ2) is 9.48. The van der Waals surface area contributed by atoms with Crippen molar-refractivity contribution in [2.75, 3.05) is 39.8 Å². The first-order chi connectivity index (χ1) is 14.9. The minimum Gasteiger partial charge on any atom is -0.377 e. The fraction of sp³-hybridized carbons (Fsp3) is 0.435. The van der Waals surface area contributed by atoms with Crippen LogP contribution in [-0.4, -0.2) is 70.1 Å². The molecule has 2 saturated heterocycles. The Morgan fingerprint density at radius 2 is 1.94 bits per heavy atom. The number of benzene rings is 2. The van der Waals surface area contributed by atoms with Gasteiger partial charge in [0.15, 0.2) is 0 Å². The van der Waals surface area contributed by atoms with Crippen molar-refractivity contribution >= 4 is 15.9 Å². The summed E-state index contributed by atoms with van der Waals surface area (Å²) < 4.78 is 33.7. The third kappa shape index (κ3) is 5.15. The molecule has 0 saturated carbocycles. The maximum Gasteiger partial charge on any atom is 0.254 e. The van der Waals surface area contributed by atoms with Gasteiger partial charge in [-0.25, -0.2) is 13.1 Å². The van der Waals surface area contributed by atoms with Crippen molar-refractivity contribution in [1.29, 1.82) is 0 Å². The number of rotatable bonds is 6. The molecule has 2 aromatic rings. The Morgan fingerprint density at radius 3 is 2.68 bits per heavy atom. The van der Waals surface area contributed by atoms with E-state index in [0.29, 0.717) is 18.7 Å². The van der Waals surface area contributed by atoms with Crippen LogP contribution in [0, 0.1) is 0 Å². The van der Waals surface area contributed by atoms with Crippen LogP contribution in [0.1, 0.15) is 34.8 Å². The molecule has 2 aromatic carbocycles. The van der Waals surface area contributed by atoms with Crippen molar-refractivity contribution in [1.82, 2.24) is 14.5 Å². The number of ether oxygens (including phenoxy) is 1. The molecule has 1 N–H and O–H groups in total. The van der Waals surface area contributed by atoms with E-state index >= 15 is 0 Å². The fourth-order valence-electron chi connectivity index (χ4n) is 4.18. The molecule has 0 aromatic heterocycles. The second-order valence-corrected chi connectivity index (χ2v) is 9.97. The van der Waals surface area contributed by atoms with E-state index in [2.05, 4.69) is 9.62 Å². The summed E-state index contributed by atoms with van der Waals surface area (Å²) in [6.07, 6.45) is 1.71. The Bertz CT molecular complexity index is 1010. The van der Waals surface area contributed by atoms with E-state index in [4.69, 9.17) is 4.74 Å². The molecule has 166 valence electrons. The van der Waals surface area contributed by atoms with Gasteiger partial charge in [0.1, 0.15) is 0 Å². The van der Waals surface area contributed by atoms with Crippen molar-refractivity contribution in [2.45, 2.75) is 29.9 Å². The van der Waals surface area contributed by atoms with Crippen molar-refractivity contribution in [2.24, 2.45) is 0 Å². The van der Waals surface area contributed by atoms with Gasteiger partial charge in [-0.15, -0.1) is 0 Å². The first-order valence-corrected chi connectivity index (χ1v) is 12.2. The summed E-state index contributed by atoms with van der Waals surface area (Å²) in [6, 6.07) is 16.2. The number of sulfonamides is 1. The van der Waals surface area contributed by atoms with Gasteiger partial charge in [0.2, 0.25) is 10.0 Å². The van der Waals surface area contributed by atoms with Crippen molar-refractivity contribution < 1.29 is 17.9 Å². The molecule has 31 heavy (non-hydrogen) atoms. The Kier molecular flexibility index (Phi) is 6.71. The SMILES string of the molecule is CN1CCN(C(=O)c2cccc(S(=O)(=O)NCC3CCCO3)c2)C(c2ccccc2)C1. The van der Waals surface area contributed by atoms with E-state index in [9.17, 15) is 13.2 Å². The van der Waals surface area contributed by atoms with Crippen LogP contribution in [-0.2, 0) is 14.8 Å². The van der Waals surface area contributed by atoms with E-state index in [1.807, 2.05) is 42.3 Å². The number of hydrogen-bond acceptors (Lipinski definition) is 5. The molecule has 0 aliphatic carbocycles. The highest BCUT2D eigenvalue weighted by molar-refractivity contribution is 7.89. The van der Waals surface area contributed by atoms with Gasteiger partial charge in [0.25, 0.3) is 5.91 Å². The van der Waals surface area contributed by atoms with Gasteiger partial charge in [0, 0.05) is 38.3 Å². The molecule has 2 aliphatic heterocycles. The average molecular weight is 444 g/mol. The lowest BCUT2D eigenvalue weighted by atomic mass is 10.0. The van der Waals surface area contributed by atoms with Crippen LogP contribution < -0.4 is 4.72 Å². The van der Waals surface area contributed by atoms with Crippen LogP contribution in [0.5, 0.6) is 0 Å². The number of amides is 1. The van der Waals surface area contributed by atoms with Crippen LogP contribution >= 0.6 is 0 Å². The van der Waals surface area contributed by atoms with Gasteiger partial charge in [-0.1, -0.05) is 36.4 Å². The van der Waals surface area contributed by atoms with Gasteiger partial charge in [-0.2, -0.15) is 0 Å². The quantitative estimate of drug-likeness (QED) is 0.741. The minimum absolute atomic E-state index is 0.0784. The van der Waals surface area contributed by atoms with E-state index in [1.54, 1.807) is 12.1 Å². The molecule has 8 heteroatoms. The van der Waals surface area contributed by atoms with Gasteiger partial charge < -0.3 is 14.5 Å². The van der Waals surface area contributed by atoms with Gasteiger partial charge in [-0.3, -0.25) is 4.79 Å². The minimum atomic E-state index is -3.72. The Hall–Kier alpha value is -2.26. The molecule has 0 spiro atoms. The molecule has 2 heterocycles. The summed E-state index contributed by atoms with van der Waals surface area (Å²) in [4.78, 5) is 17.6. The summed E-state index contributed by atoms with van der Waals surface area (Å²) in [5.41, 5.74) is 1.45. The number of carbonyl (C=O) groups excluding carboxylic acids is 1. The van der Waals surface area contributed by atoms with Crippen molar-refractivity contribution in [3.8, 4) is 0 Å². The zero-order valence-corrected chi connectivity index (χ0v) is 18.6. The predicted molar refractivity (Wildman–Crippen MR) is 118 cm³/mol. The highest BCUT2D eigenvalue weighted by Gasteiger charge is 2.31. The highest BCUT2D eigenvalue weighted by atomic mass is 32.2. The van der Waals surface area contributed by atoms with E-state index in [1.165, 1.54) is 12.1 Å². The highest BCUT2D eigenvalue weighted by Crippen LogP contribution is 2.27. The van der Waals surface area contributed by atoms with Gasteiger partial charge in [-0.05, 0) is 43.7 Å². The zero-order valence-electron chi connectivity index (χ0n) is 17.7. The lowest BCUT2D eigenvalue weighted by Crippen LogP contribution is -2.49. The monoisotopic (exact) mass is 443 g/mol. The molecular weight excluding hydrogens is 414 g/mol. The number of nitrogens with one attached hydrogen (secondary N) is 1. The van der Waals surface area contributed by atoms with Gasteiger partial charge >= 0.3 is 0 Å². The Labute approximate surface area is 184 Å². The first-order valence-electron chi connectivity index (χ1n) is 10.7. The van der Waals surface area contributed by atoms with Crippen LogP contribution in [0.15, 0.2) is 59.5 Å². The smallest absolute Gasteiger partial charge is 0.254 e. The van der Waals surface area contributed by atoms with Crippen LogP contribution in [0.2, 0.25) is 0 Å². The molecule has 2 aliphatic rings. The van der Waals surface area contributed by atoms with Crippen molar-refractivity contribution in [3.05, 3.63) is 65.7 Å². The third-order valence-corrected chi connectivity index (χ3v) is 7.37. The molecule has 2 unspecified atom stereocenters. The fourth-order valence-corrected chi connectivity index (χ4v) is 5.29. The number of likely N-dealkylation sites (N-methyl/N-ethyl adjacent to an activating group) is 1. The first kappa shape index (κ1) is 22.0. The largest absolute Gasteiger partial charge is 0.377 e. The average Bonchev–Trinajstić information content (AvgIpc) is 3.32. The molecule has 2 atom stereocenters. The normalized spacial score (nSPS) is 22.5. The summed E-state index contributed by atoms with van der Waals surface area (Å²) in [7, 11) is -1.67. The zero-order chi connectivity index (χ0) is 21.8. The summed E-state index contributed by atoms with van der Waals surface area (Å²) in [5, 5.41) is 0. The maximum atomic E-state index is 13.4. The van der Waals surface area contributed by atoms with E-state index in [-0.39, 0.29) is 29.5 Å². The molecule has 7 nitrogen and oxygen atoms in total. The number of piperazine rings is 1. The standard InChI is InChI=1S/C23H29N3O4S/c1-25-12-13-26(22(17-25)18-7-3-2-4-8-18)23(27)19-9-5-11-21(15-19)31(28,29)24-16-20-10-6-14-30-20/h2-5,7-9,11,15,20,22,24H,6,10,12-14,16-17H2,1H3. The van der Waals surface area contributed by atoms with Crippen LogP contribution in [0.4, 0.5) is 0 Å². The molecular formula is C23H29N3O4S. The van der Waals surface area contributed by atoms with Crippen LogP contribution in [0.3, 0.4) is 0 Å². The lowest BCUT2D eigenvalue weighted by molar-refractivity contribution is 0.0498. The summed E-state index contributed by atoms with van der Waals surface area (Å²) >= 11 is 0. The molecule has 4 rings (SSSR count). The predicted octanol–water partition coefficient (Wildman–Crippen LogP) is 2.27. The van der Waals surface area contributed by atoms with Crippen molar-refractivity contribution in [3.63, 3.8) is 0 Å². The maximum absolute atomic E-state index is 13.4. The summed E-state index contributed by atoms with van der Waals surface area (Å²) in [6.45, 7) is 3.01. The number of hydrogen-bond donors (Lipinski definition) is 1. The van der Waals surface area contributed by atoms with E-state index in [0.717, 1.165) is 31.5 Å². The molecule has 0 radical (unpaired) electrons. The summed E-state index contributed by atoms with van der Waals surface area (Å²) in [5.74, 6) is -0.155. The van der Waals surface area contributed by atoms with Crippen LogP contribution in [0.25, 0.3) is 0 Å². The second-order valence-electron chi connectivity index (χ2n) is 8.20. The number of nitrogens with zero attached hydrogens (tertiary/aromatic N) is 2. The van der Waals surface area contributed by atoms with E-state index < -0.39 is 10.0 Å². The van der Waals surface area contributed by atoms with Gasteiger partial charge in [0.05, 0.1) is 17.0 Å².